The quantitative estimate of drug-likeness (QED) is 0.804. The first kappa shape index (κ1) is 12.4. The van der Waals surface area contributed by atoms with Crippen LogP contribution in [-0.4, -0.2) is 17.0 Å². The Hall–Kier alpha value is -2.10. The third kappa shape index (κ3) is 2.59. The van der Waals surface area contributed by atoms with Crippen LogP contribution in [0.5, 0.6) is 0 Å². The van der Waals surface area contributed by atoms with E-state index in [0.29, 0.717) is 19.3 Å². The number of carboxylic acid groups (broad SMARTS) is 1. The van der Waals surface area contributed by atoms with E-state index in [2.05, 4.69) is 5.32 Å². The topological polar surface area (TPSA) is 66.4 Å². The van der Waals surface area contributed by atoms with Crippen molar-refractivity contribution in [1.29, 1.82) is 0 Å². The molecule has 1 aliphatic rings. The van der Waals surface area contributed by atoms with E-state index in [1.165, 1.54) is 6.08 Å². The van der Waals surface area contributed by atoms with Crippen molar-refractivity contribution in [3.8, 4) is 0 Å². The van der Waals surface area contributed by atoms with Gasteiger partial charge in [-0.15, -0.1) is 0 Å². The summed E-state index contributed by atoms with van der Waals surface area (Å²) in [4.78, 5) is 22.0. The van der Waals surface area contributed by atoms with Gasteiger partial charge in [-0.25, -0.2) is 4.79 Å². The molecule has 0 saturated carbocycles. The van der Waals surface area contributed by atoms with Crippen molar-refractivity contribution >= 4 is 23.1 Å². The maximum atomic E-state index is 11.2. The van der Waals surface area contributed by atoms with Gasteiger partial charge in [0.25, 0.3) is 0 Å². The zero-order valence-electron chi connectivity index (χ0n) is 10.2. The van der Waals surface area contributed by atoms with Gasteiger partial charge in [-0.2, -0.15) is 0 Å². The molecule has 0 atom stereocenters. The molecule has 0 unspecified atom stereocenters. The molecule has 0 bridgehead atoms. The van der Waals surface area contributed by atoms with Crippen molar-refractivity contribution in [2.75, 3.05) is 5.32 Å². The highest BCUT2D eigenvalue weighted by Gasteiger charge is 2.15. The molecule has 18 heavy (non-hydrogen) atoms. The summed E-state index contributed by atoms with van der Waals surface area (Å²) in [7, 11) is 0. The maximum Gasteiger partial charge on any atom is 0.328 e. The number of hydrogen-bond acceptors (Lipinski definition) is 2. The van der Waals surface area contributed by atoms with E-state index >= 15 is 0 Å². The van der Waals surface area contributed by atoms with Gasteiger partial charge >= 0.3 is 5.97 Å². The molecule has 0 fully saturated rings. The molecular formula is C14H15NO3. The van der Waals surface area contributed by atoms with Crippen LogP contribution in [0.1, 0.15) is 30.9 Å². The number of allylic oxidation sites excluding steroid dienone is 1. The lowest BCUT2D eigenvalue weighted by Crippen LogP contribution is -2.18. The number of aryl methyl sites for hydroxylation is 1. The van der Waals surface area contributed by atoms with Gasteiger partial charge < -0.3 is 10.4 Å². The third-order valence-corrected chi connectivity index (χ3v) is 3.05. The lowest BCUT2D eigenvalue weighted by molar-refractivity contribution is -0.131. The average Bonchev–Trinajstić information content (AvgIpc) is 2.35. The van der Waals surface area contributed by atoms with Crippen molar-refractivity contribution in [1.82, 2.24) is 0 Å². The van der Waals surface area contributed by atoms with Crippen LogP contribution in [0.2, 0.25) is 0 Å². The number of nitrogens with one attached hydrogen (secondary N) is 1. The molecule has 1 aliphatic heterocycles. The van der Waals surface area contributed by atoms with Crippen molar-refractivity contribution in [3.05, 3.63) is 35.4 Å². The smallest absolute Gasteiger partial charge is 0.328 e. The zero-order valence-corrected chi connectivity index (χ0v) is 10.2. The van der Waals surface area contributed by atoms with Gasteiger partial charge in [-0.3, -0.25) is 4.79 Å². The predicted octanol–water partition coefficient (Wildman–Crippen LogP) is 2.45. The Morgan fingerprint density at radius 2 is 2.22 bits per heavy atom. The van der Waals surface area contributed by atoms with E-state index in [-0.39, 0.29) is 5.91 Å². The molecule has 0 aromatic heterocycles. The largest absolute Gasteiger partial charge is 0.478 e. The highest BCUT2D eigenvalue weighted by Crippen LogP contribution is 2.27. The SMILES string of the molecule is CC/C(=C\C(=O)O)c1ccc2c(c1)CCC(=O)N2. The Morgan fingerprint density at radius 3 is 2.89 bits per heavy atom. The number of aliphatic carboxylic acids is 1. The standard InChI is InChI=1S/C14H15NO3/c1-2-9(8-14(17)18)10-3-5-12-11(7-10)4-6-13(16)15-12/h3,5,7-8H,2,4,6H2,1H3,(H,15,16)(H,17,18)/b9-8+. The Morgan fingerprint density at radius 1 is 1.44 bits per heavy atom. The molecule has 0 saturated heterocycles. The summed E-state index contributed by atoms with van der Waals surface area (Å²) in [6, 6.07) is 5.66. The number of carboxylic acids is 1. The number of hydrogen-bond donors (Lipinski definition) is 2. The minimum absolute atomic E-state index is 0.0343. The Labute approximate surface area is 105 Å². The van der Waals surface area contributed by atoms with Gasteiger partial charge in [-0.05, 0) is 41.7 Å². The molecule has 1 aromatic rings. The molecule has 1 amide bonds. The first-order valence-corrected chi connectivity index (χ1v) is 5.97. The van der Waals surface area contributed by atoms with Gasteiger partial charge in [0, 0.05) is 18.2 Å². The lowest BCUT2D eigenvalue weighted by atomic mass is 9.96. The summed E-state index contributed by atoms with van der Waals surface area (Å²) >= 11 is 0. The number of anilines is 1. The Balaban J connectivity index is 2.36. The molecule has 4 nitrogen and oxygen atoms in total. The fourth-order valence-electron chi connectivity index (χ4n) is 2.12. The number of benzene rings is 1. The molecule has 2 N–H and O–H groups in total. The fourth-order valence-corrected chi connectivity index (χ4v) is 2.12. The van der Waals surface area contributed by atoms with E-state index in [9.17, 15) is 9.59 Å². The van der Waals surface area contributed by atoms with Gasteiger partial charge in [0.15, 0.2) is 0 Å². The second-order valence-corrected chi connectivity index (χ2v) is 4.28. The highest BCUT2D eigenvalue weighted by atomic mass is 16.4. The Kier molecular flexibility index (Phi) is 3.46. The van der Waals surface area contributed by atoms with Gasteiger partial charge in [0.05, 0.1) is 0 Å². The average molecular weight is 245 g/mol. The first-order chi connectivity index (χ1) is 8.60. The minimum atomic E-state index is -0.933. The highest BCUT2D eigenvalue weighted by molar-refractivity contribution is 5.95. The third-order valence-electron chi connectivity index (χ3n) is 3.05. The van der Waals surface area contributed by atoms with Gasteiger partial charge in [-0.1, -0.05) is 13.0 Å². The molecular weight excluding hydrogens is 230 g/mol. The number of rotatable bonds is 3. The lowest BCUT2D eigenvalue weighted by Gasteiger charge is -2.18. The summed E-state index contributed by atoms with van der Waals surface area (Å²) in [6.45, 7) is 1.93. The van der Waals surface area contributed by atoms with Crippen LogP contribution in [0.3, 0.4) is 0 Å². The van der Waals surface area contributed by atoms with Crippen molar-refractivity contribution in [3.63, 3.8) is 0 Å². The molecule has 94 valence electrons. The van der Waals surface area contributed by atoms with Crippen LogP contribution >= 0.6 is 0 Å². The monoisotopic (exact) mass is 245 g/mol. The molecule has 0 spiro atoms. The summed E-state index contributed by atoms with van der Waals surface area (Å²) < 4.78 is 0. The minimum Gasteiger partial charge on any atom is -0.478 e. The zero-order chi connectivity index (χ0) is 13.1. The van der Waals surface area contributed by atoms with E-state index in [0.717, 1.165) is 22.4 Å². The number of carbonyl (C=O) groups excluding carboxylic acids is 1. The first-order valence-electron chi connectivity index (χ1n) is 5.97. The molecule has 4 heteroatoms. The van der Waals surface area contributed by atoms with E-state index in [1.54, 1.807) is 0 Å². The summed E-state index contributed by atoms with van der Waals surface area (Å²) in [5.41, 5.74) is 3.61. The maximum absolute atomic E-state index is 11.2. The van der Waals surface area contributed by atoms with E-state index in [4.69, 9.17) is 5.11 Å². The van der Waals surface area contributed by atoms with Crippen LogP contribution in [0.15, 0.2) is 24.3 Å². The predicted molar refractivity (Wildman–Crippen MR) is 69.3 cm³/mol. The fraction of sp³-hybridized carbons (Fsp3) is 0.286. The summed E-state index contributed by atoms with van der Waals surface area (Å²) in [5.74, 6) is -0.898. The molecule has 0 radical (unpaired) electrons. The van der Waals surface area contributed by atoms with E-state index < -0.39 is 5.97 Å². The van der Waals surface area contributed by atoms with Crippen LogP contribution in [0.25, 0.3) is 5.57 Å². The summed E-state index contributed by atoms with van der Waals surface area (Å²) in [6.07, 6.45) is 3.10. The second-order valence-electron chi connectivity index (χ2n) is 4.28. The normalized spacial score (nSPS) is 14.9. The van der Waals surface area contributed by atoms with Crippen molar-refractivity contribution in [2.45, 2.75) is 26.2 Å². The van der Waals surface area contributed by atoms with Crippen LogP contribution in [0.4, 0.5) is 5.69 Å². The van der Waals surface area contributed by atoms with Crippen LogP contribution in [-0.2, 0) is 16.0 Å². The molecule has 1 heterocycles. The molecule has 1 aromatic carbocycles. The number of amides is 1. The second kappa shape index (κ2) is 5.04. The number of fused-ring (bicyclic) bond motifs is 1. The number of carbonyl (C=O) groups is 2. The van der Waals surface area contributed by atoms with Crippen molar-refractivity contribution in [2.24, 2.45) is 0 Å². The van der Waals surface area contributed by atoms with Gasteiger partial charge in [0.2, 0.25) is 5.91 Å². The van der Waals surface area contributed by atoms with Crippen molar-refractivity contribution < 1.29 is 14.7 Å². The molecule has 0 aliphatic carbocycles. The van der Waals surface area contributed by atoms with Crippen LogP contribution < -0.4 is 5.32 Å². The molecule has 2 rings (SSSR count). The van der Waals surface area contributed by atoms with Gasteiger partial charge in [0.1, 0.15) is 0 Å². The van der Waals surface area contributed by atoms with E-state index in [1.807, 2.05) is 25.1 Å². The summed E-state index contributed by atoms with van der Waals surface area (Å²) in [5, 5.41) is 11.6. The van der Waals surface area contributed by atoms with Crippen LogP contribution in [0, 0.1) is 0 Å². The Bertz CT molecular complexity index is 532.